The molecule has 24 heavy (non-hydrogen) atoms. The highest BCUT2D eigenvalue weighted by molar-refractivity contribution is 6.21. The molecule has 1 heterocycles. The van der Waals surface area contributed by atoms with Crippen LogP contribution in [-0.4, -0.2) is 17.6 Å². The number of Topliss-reactive ketones (excluding diaryl/α,β-unsaturated/α-hetero) is 1. The number of fused-ring (bicyclic) bond motifs is 2. The summed E-state index contributed by atoms with van der Waals surface area (Å²) in [6, 6.07) is 10.6. The van der Waals surface area contributed by atoms with Gasteiger partial charge in [-0.15, -0.1) is 0 Å². The summed E-state index contributed by atoms with van der Waals surface area (Å²) in [6.07, 6.45) is 0.354. The van der Waals surface area contributed by atoms with Crippen LogP contribution in [-0.2, 0) is 0 Å². The maximum Gasteiger partial charge on any atom is 0.258 e. The molecule has 0 saturated heterocycles. The molecule has 0 bridgehead atoms. The van der Waals surface area contributed by atoms with Gasteiger partial charge >= 0.3 is 0 Å². The Morgan fingerprint density at radius 2 is 1.42 bits per heavy atom. The van der Waals surface area contributed by atoms with Gasteiger partial charge in [0.2, 0.25) is 0 Å². The average Bonchev–Trinajstić information content (AvgIpc) is 3.02. The Bertz CT molecular complexity index is 918. The lowest BCUT2D eigenvalue weighted by atomic mass is 9.94. The monoisotopic (exact) mass is 315 g/mol. The number of rotatable bonds is 2. The number of ketones is 1. The Balaban J connectivity index is 1.76. The highest BCUT2D eigenvalue weighted by Crippen LogP contribution is 2.34. The molecule has 4 rings (SSSR count). The zero-order chi connectivity index (χ0) is 17.0. The summed E-state index contributed by atoms with van der Waals surface area (Å²) in [6.45, 7) is 8.00. The van der Waals surface area contributed by atoms with Gasteiger partial charge in [0, 0.05) is 12.0 Å². The summed E-state index contributed by atoms with van der Waals surface area (Å²) in [5.41, 5.74) is 5.34. The van der Waals surface area contributed by atoms with Gasteiger partial charge in [-0.1, -0.05) is 31.4 Å². The maximum atomic E-state index is 12.0. The SMILES string of the molecule is C=C(c1ccc2c(c1)C(=O)CC2=C)c1ccc2c(c1)C(=O)NC2=O. The highest BCUT2D eigenvalue weighted by Gasteiger charge is 2.27. The van der Waals surface area contributed by atoms with E-state index in [0.29, 0.717) is 28.7 Å². The third-order valence-corrected chi connectivity index (χ3v) is 4.51. The molecule has 0 fully saturated rings. The van der Waals surface area contributed by atoms with Crippen LogP contribution in [0.25, 0.3) is 11.1 Å². The van der Waals surface area contributed by atoms with E-state index in [1.807, 2.05) is 18.2 Å². The Morgan fingerprint density at radius 3 is 2.12 bits per heavy atom. The van der Waals surface area contributed by atoms with Gasteiger partial charge in [-0.2, -0.15) is 0 Å². The lowest BCUT2D eigenvalue weighted by Gasteiger charge is -2.09. The summed E-state index contributed by atoms with van der Waals surface area (Å²) in [7, 11) is 0. The largest absolute Gasteiger partial charge is 0.294 e. The van der Waals surface area contributed by atoms with Crippen LogP contribution in [0.4, 0.5) is 0 Å². The number of hydrogen-bond donors (Lipinski definition) is 1. The van der Waals surface area contributed by atoms with Crippen LogP contribution in [0.2, 0.25) is 0 Å². The molecule has 0 spiro atoms. The van der Waals surface area contributed by atoms with E-state index >= 15 is 0 Å². The third kappa shape index (κ3) is 1.97. The molecule has 2 amide bonds. The van der Waals surface area contributed by atoms with Gasteiger partial charge in [-0.25, -0.2) is 0 Å². The van der Waals surface area contributed by atoms with E-state index in [2.05, 4.69) is 18.5 Å². The van der Waals surface area contributed by atoms with Crippen LogP contribution in [0.1, 0.15) is 54.2 Å². The van der Waals surface area contributed by atoms with Crippen molar-refractivity contribution in [2.75, 3.05) is 0 Å². The Labute approximate surface area is 138 Å². The number of imide groups is 1. The summed E-state index contributed by atoms with van der Waals surface area (Å²) in [4.78, 5) is 35.5. The minimum Gasteiger partial charge on any atom is -0.294 e. The number of carbonyl (C=O) groups excluding carboxylic acids is 3. The molecule has 2 aromatic carbocycles. The standard InChI is InChI=1S/C20H13NO3/c1-10-7-18(22)16-8-12(3-5-14(10)16)11(2)13-4-6-15-17(9-13)20(24)21-19(15)23/h3-6,8-9H,1-2,7H2,(H,21,23,24). The fourth-order valence-electron chi connectivity index (χ4n) is 3.18. The number of benzene rings is 2. The first-order valence-corrected chi connectivity index (χ1v) is 7.50. The van der Waals surface area contributed by atoms with Gasteiger partial charge in [0.1, 0.15) is 0 Å². The Morgan fingerprint density at radius 1 is 0.833 bits per heavy atom. The molecule has 2 aromatic rings. The quantitative estimate of drug-likeness (QED) is 0.865. The van der Waals surface area contributed by atoms with Crippen molar-refractivity contribution < 1.29 is 14.4 Å². The predicted octanol–water partition coefficient (Wildman–Crippen LogP) is 3.23. The van der Waals surface area contributed by atoms with Gasteiger partial charge in [-0.3, -0.25) is 19.7 Å². The molecule has 0 aromatic heterocycles. The van der Waals surface area contributed by atoms with E-state index in [4.69, 9.17) is 0 Å². The molecular weight excluding hydrogens is 302 g/mol. The first-order valence-electron chi connectivity index (χ1n) is 7.50. The van der Waals surface area contributed by atoms with Crippen LogP contribution in [0.5, 0.6) is 0 Å². The molecule has 0 atom stereocenters. The lowest BCUT2D eigenvalue weighted by Crippen LogP contribution is -2.19. The van der Waals surface area contributed by atoms with Crippen LogP contribution in [0.15, 0.2) is 49.6 Å². The summed E-state index contributed by atoms with van der Waals surface area (Å²) in [5.74, 6) is -0.720. The molecule has 2 aliphatic rings. The number of nitrogens with one attached hydrogen (secondary N) is 1. The third-order valence-electron chi connectivity index (χ3n) is 4.51. The Kier molecular flexibility index (Phi) is 2.90. The maximum absolute atomic E-state index is 12.0. The van der Waals surface area contributed by atoms with E-state index < -0.39 is 5.91 Å². The van der Waals surface area contributed by atoms with E-state index in [1.54, 1.807) is 18.2 Å². The zero-order valence-corrected chi connectivity index (χ0v) is 12.8. The normalized spacial score (nSPS) is 15.3. The van der Waals surface area contributed by atoms with Gasteiger partial charge in [0.25, 0.3) is 11.8 Å². The Hall–Kier alpha value is -3.27. The average molecular weight is 315 g/mol. The number of amides is 2. The van der Waals surface area contributed by atoms with Crippen molar-refractivity contribution in [2.24, 2.45) is 0 Å². The summed E-state index contributed by atoms with van der Waals surface area (Å²) >= 11 is 0. The fourth-order valence-corrected chi connectivity index (χ4v) is 3.18. The van der Waals surface area contributed by atoms with Crippen molar-refractivity contribution in [3.63, 3.8) is 0 Å². The molecule has 1 aliphatic heterocycles. The molecule has 4 nitrogen and oxygen atoms in total. The van der Waals surface area contributed by atoms with Gasteiger partial charge in [0.05, 0.1) is 11.1 Å². The van der Waals surface area contributed by atoms with Crippen molar-refractivity contribution in [1.82, 2.24) is 5.32 Å². The van der Waals surface area contributed by atoms with Crippen molar-refractivity contribution in [2.45, 2.75) is 6.42 Å². The number of allylic oxidation sites excluding steroid dienone is 1. The minimum absolute atomic E-state index is 0.0589. The van der Waals surface area contributed by atoms with E-state index in [-0.39, 0.29) is 11.7 Å². The van der Waals surface area contributed by atoms with Crippen LogP contribution in [0.3, 0.4) is 0 Å². The van der Waals surface area contributed by atoms with Crippen molar-refractivity contribution >= 4 is 28.7 Å². The fraction of sp³-hybridized carbons (Fsp3) is 0.0500. The lowest BCUT2D eigenvalue weighted by molar-refractivity contribution is 0.0878. The van der Waals surface area contributed by atoms with Crippen molar-refractivity contribution in [3.8, 4) is 0 Å². The van der Waals surface area contributed by atoms with E-state index in [9.17, 15) is 14.4 Å². The van der Waals surface area contributed by atoms with Crippen LogP contribution in [0, 0.1) is 0 Å². The van der Waals surface area contributed by atoms with E-state index in [0.717, 1.165) is 22.3 Å². The molecular formula is C20H13NO3. The van der Waals surface area contributed by atoms with Crippen molar-refractivity contribution in [3.05, 3.63) is 82.9 Å². The van der Waals surface area contributed by atoms with E-state index in [1.165, 1.54) is 0 Å². The molecule has 1 aliphatic carbocycles. The predicted molar refractivity (Wildman–Crippen MR) is 90.8 cm³/mol. The molecule has 0 radical (unpaired) electrons. The zero-order valence-electron chi connectivity index (χ0n) is 12.8. The molecule has 116 valence electrons. The second-order valence-corrected chi connectivity index (χ2v) is 5.99. The molecule has 0 saturated carbocycles. The minimum atomic E-state index is -0.398. The number of hydrogen-bond acceptors (Lipinski definition) is 3. The van der Waals surface area contributed by atoms with Gasteiger partial charge < -0.3 is 0 Å². The topological polar surface area (TPSA) is 63.2 Å². The first-order chi connectivity index (χ1) is 11.5. The second-order valence-electron chi connectivity index (χ2n) is 5.99. The molecule has 1 N–H and O–H groups in total. The van der Waals surface area contributed by atoms with Crippen LogP contribution >= 0.6 is 0 Å². The van der Waals surface area contributed by atoms with Gasteiger partial charge in [0.15, 0.2) is 5.78 Å². The first kappa shape index (κ1) is 14.3. The second kappa shape index (κ2) is 4.86. The molecule has 4 heteroatoms. The van der Waals surface area contributed by atoms with Crippen LogP contribution < -0.4 is 5.32 Å². The summed E-state index contributed by atoms with van der Waals surface area (Å²) in [5, 5.41) is 2.27. The highest BCUT2D eigenvalue weighted by atomic mass is 16.2. The van der Waals surface area contributed by atoms with Gasteiger partial charge in [-0.05, 0) is 46.0 Å². The molecule has 0 unspecified atom stereocenters. The smallest absolute Gasteiger partial charge is 0.258 e. The number of carbonyl (C=O) groups is 3. The van der Waals surface area contributed by atoms with Crippen molar-refractivity contribution in [1.29, 1.82) is 0 Å². The summed E-state index contributed by atoms with van der Waals surface area (Å²) < 4.78 is 0.